The second kappa shape index (κ2) is 11.5. The summed E-state index contributed by atoms with van der Waals surface area (Å²) in [4.78, 5) is 23.9. The van der Waals surface area contributed by atoms with E-state index in [4.69, 9.17) is 4.74 Å². The molecule has 2 atom stereocenters. The normalized spacial score (nSPS) is 18.2. The van der Waals surface area contributed by atoms with Crippen molar-refractivity contribution in [3.63, 3.8) is 0 Å². The smallest absolute Gasteiger partial charge is 0.325 e. The number of hydrogen-bond acceptors (Lipinski definition) is 4. The standard InChI is InChI=1S/C30H43N3O3/c1-8-36-26(34)19-32-28(35)33-24-17-25(31-18-24)27(20-9-13-22(14-10-20)29(2,3)4)21-11-15-23(16-12-21)30(5,6)7/h9-16,24-25,27,31H,8,17-19H2,1-7H3,(H2,32,33,35). The summed E-state index contributed by atoms with van der Waals surface area (Å²) in [5.74, 6) is -0.282. The van der Waals surface area contributed by atoms with Crippen LogP contribution >= 0.6 is 0 Å². The summed E-state index contributed by atoms with van der Waals surface area (Å²) < 4.78 is 4.87. The molecule has 36 heavy (non-hydrogen) atoms. The molecule has 1 heterocycles. The first kappa shape index (κ1) is 27.7. The Morgan fingerprint density at radius 3 is 1.86 bits per heavy atom. The molecule has 2 aromatic rings. The Bertz CT molecular complexity index is 960. The first-order valence-electron chi connectivity index (χ1n) is 13.0. The van der Waals surface area contributed by atoms with Gasteiger partial charge in [0.15, 0.2) is 0 Å². The Morgan fingerprint density at radius 1 is 0.917 bits per heavy atom. The van der Waals surface area contributed by atoms with Gasteiger partial charge in [-0.15, -0.1) is 0 Å². The van der Waals surface area contributed by atoms with Crippen LogP contribution in [0.3, 0.4) is 0 Å². The lowest BCUT2D eigenvalue weighted by Crippen LogP contribution is -2.44. The third-order valence-electron chi connectivity index (χ3n) is 6.87. The van der Waals surface area contributed by atoms with Gasteiger partial charge in [0, 0.05) is 24.5 Å². The van der Waals surface area contributed by atoms with Gasteiger partial charge in [-0.3, -0.25) is 4.79 Å². The van der Waals surface area contributed by atoms with Crippen molar-refractivity contribution in [2.24, 2.45) is 0 Å². The van der Waals surface area contributed by atoms with Gasteiger partial charge in [-0.25, -0.2) is 4.79 Å². The number of carbonyl (C=O) groups excluding carboxylic acids is 2. The second-order valence-electron chi connectivity index (χ2n) is 11.8. The van der Waals surface area contributed by atoms with Gasteiger partial charge in [-0.2, -0.15) is 0 Å². The second-order valence-corrected chi connectivity index (χ2v) is 11.8. The number of hydrogen-bond donors (Lipinski definition) is 3. The molecule has 0 aromatic heterocycles. The topological polar surface area (TPSA) is 79.5 Å². The Balaban J connectivity index is 1.78. The van der Waals surface area contributed by atoms with E-state index in [1.807, 2.05) is 0 Å². The maximum absolute atomic E-state index is 12.3. The molecule has 1 aliphatic heterocycles. The van der Waals surface area contributed by atoms with Crippen molar-refractivity contribution in [1.29, 1.82) is 0 Å². The van der Waals surface area contributed by atoms with Crippen molar-refractivity contribution in [3.05, 3.63) is 70.8 Å². The Hall–Kier alpha value is -2.86. The van der Waals surface area contributed by atoms with Gasteiger partial charge in [-0.05, 0) is 46.4 Å². The highest BCUT2D eigenvalue weighted by Crippen LogP contribution is 2.35. The maximum Gasteiger partial charge on any atom is 0.325 e. The van der Waals surface area contributed by atoms with Crippen molar-refractivity contribution < 1.29 is 14.3 Å². The minimum atomic E-state index is -0.437. The lowest BCUT2D eigenvalue weighted by Gasteiger charge is -2.27. The molecule has 2 amide bonds. The molecule has 3 N–H and O–H groups in total. The fourth-order valence-corrected chi connectivity index (χ4v) is 4.77. The zero-order valence-corrected chi connectivity index (χ0v) is 22.9. The summed E-state index contributed by atoms with van der Waals surface area (Å²) in [6.07, 6.45) is 0.791. The molecule has 0 saturated carbocycles. The highest BCUT2D eigenvalue weighted by molar-refractivity contribution is 5.80. The van der Waals surface area contributed by atoms with Crippen LogP contribution in [-0.2, 0) is 20.4 Å². The van der Waals surface area contributed by atoms with Crippen LogP contribution in [0.25, 0.3) is 0 Å². The molecule has 196 valence electrons. The van der Waals surface area contributed by atoms with E-state index in [-0.39, 0.29) is 41.4 Å². The Labute approximate surface area is 216 Å². The van der Waals surface area contributed by atoms with Gasteiger partial charge in [0.2, 0.25) is 0 Å². The number of urea groups is 1. The molecule has 0 radical (unpaired) electrons. The van der Waals surface area contributed by atoms with E-state index in [0.717, 1.165) is 6.42 Å². The number of benzene rings is 2. The molecular formula is C30H43N3O3. The largest absolute Gasteiger partial charge is 0.465 e. The van der Waals surface area contributed by atoms with Crippen molar-refractivity contribution >= 4 is 12.0 Å². The summed E-state index contributed by atoms with van der Waals surface area (Å²) >= 11 is 0. The van der Waals surface area contributed by atoms with Gasteiger partial charge in [0.1, 0.15) is 6.54 Å². The third kappa shape index (κ3) is 7.33. The molecule has 6 heteroatoms. The molecule has 6 nitrogen and oxygen atoms in total. The molecular weight excluding hydrogens is 450 g/mol. The summed E-state index contributed by atoms with van der Waals surface area (Å²) in [7, 11) is 0. The van der Waals surface area contributed by atoms with Crippen molar-refractivity contribution in [2.45, 2.75) is 83.7 Å². The summed E-state index contributed by atoms with van der Waals surface area (Å²) in [6, 6.07) is 17.7. The Kier molecular flexibility index (Phi) is 8.83. The van der Waals surface area contributed by atoms with Crippen LogP contribution < -0.4 is 16.0 Å². The number of ether oxygens (including phenoxy) is 1. The third-order valence-corrected chi connectivity index (χ3v) is 6.87. The minimum absolute atomic E-state index is 0.0256. The molecule has 1 aliphatic rings. The molecule has 1 saturated heterocycles. The quantitative estimate of drug-likeness (QED) is 0.474. The van der Waals surface area contributed by atoms with Gasteiger partial charge < -0.3 is 20.7 Å². The zero-order chi connectivity index (χ0) is 26.5. The summed E-state index contributed by atoms with van der Waals surface area (Å²) in [5, 5.41) is 9.24. The monoisotopic (exact) mass is 493 g/mol. The highest BCUT2D eigenvalue weighted by atomic mass is 16.5. The number of amides is 2. The molecule has 1 fully saturated rings. The number of esters is 1. The summed E-state index contributed by atoms with van der Waals surface area (Å²) in [6.45, 7) is 16.0. The van der Waals surface area contributed by atoms with Gasteiger partial charge in [0.05, 0.1) is 6.61 Å². The van der Waals surface area contributed by atoms with Crippen molar-refractivity contribution in [1.82, 2.24) is 16.0 Å². The summed E-state index contributed by atoms with van der Waals surface area (Å²) in [5.41, 5.74) is 5.34. The van der Waals surface area contributed by atoms with E-state index in [2.05, 4.69) is 106 Å². The fraction of sp³-hybridized carbons (Fsp3) is 0.533. The van der Waals surface area contributed by atoms with Gasteiger partial charge in [-0.1, -0.05) is 90.1 Å². The molecule has 0 spiro atoms. The van der Waals surface area contributed by atoms with Crippen molar-refractivity contribution in [3.8, 4) is 0 Å². The lowest BCUT2D eigenvalue weighted by molar-refractivity contribution is -0.141. The minimum Gasteiger partial charge on any atom is -0.465 e. The molecule has 0 bridgehead atoms. The molecule has 2 unspecified atom stereocenters. The van der Waals surface area contributed by atoms with Gasteiger partial charge in [0.25, 0.3) is 0 Å². The zero-order valence-electron chi connectivity index (χ0n) is 22.9. The van der Waals surface area contributed by atoms with Gasteiger partial charge >= 0.3 is 12.0 Å². The fourth-order valence-electron chi connectivity index (χ4n) is 4.77. The predicted molar refractivity (Wildman–Crippen MR) is 145 cm³/mol. The van der Waals surface area contributed by atoms with Crippen LogP contribution in [0.1, 0.15) is 83.1 Å². The highest BCUT2D eigenvalue weighted by Gasteiger charge is 2.33. The number of nitrogens with one attached hydrogen (secondary N) is 3. The first-order valence-corrected chi connectivity index (χ1v) is 13.0. The van der Waals surface area contributed by atoms with Crippen LogP contribution in [0, 0.1) is 0 Å². The predicted octanol–water partition coefficient (Wildman–Crippen LogP) is 5.01. The number of carbonyl (C=O) groups is 2. The van der Waals surface area contributed by atoms with E-state index in [0.29, 0.717) is 13.2 Å². The average molecular weight is 494 g/mol. The number of rotatable bonds is 7. The molecule has 2 aromatic carbocycles. The van der Waals surface area contributed by atoms with E-state index in [9.17, 15) is 9.59 Å². The maximum atomic E-state index is 12.3. The van der Waals surface area contributed by atoms with E-state index in [1.54, 1.807) is 6.92 Å². The average Bonchev–Trinajstić information content (AvgIpc) is 3.25. The molecule has 0 aliphatic carbocycles. The van der Waals surface area contributed by atoms with Crippen LogP contribution in [0.15, 0.2) is 48.5 Å². The van der Waals surface area contributed by atoms with Crippen LogP contribution in [0.5, 0.6) is 0 Å². The Morgan fingerprint density at radius 2 is 1.42 bits per heavy atom. The lowest BCUT2D eigenvalue weighted by atomic mass is 9.80. The van der Waals surface area contributed by atoms with Crippen molar-refractivity contribution in [2.75, 3.05) is 19.7 Å². The first-order chi connectivity index (χ1) is 16.9. The van der Waals surface area contributed by atoms with Crippen LogP contribution in [0.4, 0.5) is 4.79 Å². The SMILES string of the molecule is CCOC(=O)CNC(=O)NC1CNC(C(c2ccc(C(C)(C)C)cc2)c2ccc(C(C)(C)C)cc2)C1. The molecule has 3 rings (SSSR count). The van der Waals surface area contributed by atoms with E-state index in [1.165, 1.54) is 22.3 Å². The van der Waals surface area contributed by atoms with Crippen LogP contribution in [-0.4, -0.2) is 43.8 Å². The van der Waals surface area contributed by atoms with E-state index >= 15 is 0 Å². The van der Waals surface area contributed by atoms with Crippen LogP contribution in [0.2, 0.25) is 0 Å². The van der Waals surface area contributed by atoms with E-state index < -0.39 is 5.97 Å².